The normalized spacial score (nSPS) is 15.3. The van der Waals surface area contributed by atoms with Gasteiger partial charge in [0.15, 0.2) is 0 Å². The fourth-order valence-electron chi connectivity index (χ4n) is 3.81. The highest BCUT2D eigenvalue weighted by atomic mass is 16.5. The highest BCUT2D eigenvalue weighted by Gasteiger charge is 2.26. The molecule has 31 heavy (non-hydrogen) atoms. The van der Waals surface area contributed by atoms with Gasteiger partial charge in [-0.1, -0.05) is 11.2 Å². The Morgan fingerprint density at radius 1 is 1.06 bits per heavy atom. The van der Waals surface area contributed by atoms with Gasteiger partial charge in [-0.25, -0.2) is 4.98 Å². The van der Waals surface area contributed by atoms with Gasteiger partial charge in [0, 0.05) is 24.2 Å². The second-order valence-electron chi connectivity index (χ2n) is 7.59. The van der Waals surface area contributed by atoms with Crippen LogP contribution >= 0.6 is 0 Å². The van der Waals surface area contributed by atoms with E-state index in [1.54, 1.807) is 19.6 Å². The van der Waals surface area contributed by atoms with Crippen molar-refractivity contribution in [1.29, 1.82) is 0 Å². The third-order valence-corrected chi connectivity index (χ3v) is 5.55. The van der Waals surface area contributed by atoms with Crippen molar-refractivity contribution in [3.63, 3.8) is 0 Å². The number of benzene rings is 1. The predicted octanol–water partition coefficient (Wildman–Crippen LogP) is 4.17. The maximum Gasteiger partial charge on any atom is 0.230 e. The number of pyridine rings is 1. The molecule has 0 atom stereocenters. The summed E-state index contributed by atoms with van der Waals surface area (Å²) in [4.78, 5) is 15.9. The van der Waals surface area contributed by atoms with Gasteiger partial charge >= 0.3 is 0 Å². The number of rotatable bonds is 6. The summed E-state index contributed by atoms with van der Waals surface area (Å²) in [5.41, 5.74) is 2.60. The molecule has 5 rings (SSSR count). The zero-order valence-electron chi connectivity index (χ0n) is 17.3. The third kappa shape index (κ3) is 4.34. The second kappa shape index (κ2) is 8.69. The van der Waals surface area contributed by atoms with Crippen molar-refractivity contribution in [1.82, 2.24) is 25.0 Å². The van der Waals surface area contributed by atoms with Crippen LogP contribution in [0.2, 0.25) is 0 Å². The molecule has 4 heterocycles. The molecule has 8 nitrogen and oxygen atoms in total. The van der Waals surface area contributed by atoms with Crippen molar-refractivity contribution in [2.75, 3.05) is 20.2 Å². The van der Waals surface area contributed by atoms with Crippen molar-refractivity contribution in [2.24, 2.45) is 0 Å². The summed E-state index contributed by atoms with van der Waals surface area (Å²) in [7, 11) is 1.65. The molecule has 0 aliphatic carbocycles. The van der Waals surface area contributed by atoms with Gasteiger partial charge in [0.25, 0.3) is 0 Å². The number of hydrogen-bond acceptors (Lipinski definition) is 8. The fourth-order valence-corrected chi connectivity index (χ4v) is 3.81. The summed E-state index contributed by atoms with van der Waals surface area (Å²) in [6.45, 7) is 2.64. The molecule has 4 aromatic rings. The van der Waals surface area contributed by atoms with Crippen molar-refractivity contribution in [2.45, 2.75) is 25.3 Å². The number of likely N-dealkylation sites (tertiary alicyclic amines) is 1. The van der Waals surface area contributed by atoms with E-state index in [0.29, 0.717) is 17.6 Å². The third-order valence-electron chi connectivity index (χ3n) is 5.55. The van der Waals surface area contributed by atoms with Crippen LogP contribution in [0.15, 0.2) is 63.9 Å². The largest absolute Gasteiger partial charge is 0.497 e. The van der Waals surface area contributed by atoms with Gasteiger partial charge in [0.05, 0.1) is 12.8 Å². The fraction of sp³-hybridized carbons (Fsp3) is 0.304. The van der Waals surface area contributed by atoms with Gasteiger partial charge in [0.2, 0.25) is 17.6 Å². The highest BCUT2D eigenvalue weighted by Crippen LogP contribution is 2.29. The van der Waals surface area contributed by atoms with Gasteiger partial charge in [0.1, 0.15) is 17.7 Å². The average molecular weight is 417 g/mol. The van der Waals surface area contributed by atoms with E-state index >= 15 is 0 Å². The minimum absolute atomic E-state index is 0.272. The molecule has 3 aromatic heterocycles. The van der Waals surface area contributed by atoms with Gasteiger partial charge in [-0.05, 0) is 62.3 Å². The number of nitrogens with zero attached hydrogens (tertiary/aromatic N) is 5. The summed E-state index contributed by atoms with van der Waals surface area (Å²) in [6.07, 6.45) is 5.40. The lowest BCUT2D eigenvalue weighted by Crippen LogP contribution is -2.32. The predicted molar refractivity (Wildman–Crippen MR) is 113 cm³/mol. The molecule has 1 saturated heterocycles. The van der Waals surface area contributed by atoms with Crippen LogP contribution in [0.4, 0.5) is 0 Å². The van der Waals surface area contributed by atoms with E-state index in [1.165, 1.54) is 0 Å². The first kappa shape index (κ1) is 19.4. The zero-order chi connectivity index (χ0) is 21.0. The molecule has 1 aromatic carbocycles. The Hall–Kier alpha value is -3.52. The Morgan fingerprint density at radius 3 is 2.65 bits per heavy atom. The molecule has 0 unspecified atom stereocenters. The highest BCUT2D eigenvalue weighted by molar-refractivity contribution is 5.54. The van der Waals surface area contributed by atoms with Crippen LogP contribution in [0.5, 0.6) is 5.75 Å². The van der Waals surface area contributed by atoms with Crippen LogP contribution in [-0.4, -0.2) is 45.2 Å². The zero-order valence-corrected chi connectivity index (χ0v) is 17.3. The molecule has 0 spiro atoms. The molecule has 0 bridgehead atoms. The Kier molecular flexibility index (Phi) is 5.45. The lowest BCUT2D eigenvalue weighted by molar-refractivity contribution is 0.186. The summed E-state index contributed by atoms with van der Waals surface area (Å²) < 4.78 is 16.4. The number of ether oxygens (including phenoxy) is 1. The number of piperidine rings is 1. The molecule has 158 valence electrons. The first-order valence-corrected chi connectivity index (χ1v) is 10.3. The maximum atomic E-state index is 5.68. The molecular weight excluding hydrogens is 394 g/mol. The molecular formula is C23H23N5O3. The number of oxazole rings is 1. The Morgan fingerprint density at radius 2 is 1.90 bits per heavy atom. The first-order chi connectivity index (χ1) is 15.3. The van der Waals surface area contributed by atoms with E-state index in [-0.39, 0.29) is 5.92 Å². The monoisotopic (exact) mass is 417 g/mol. The Balaban J connectivity index is 1.17. The lowest BCUT2D eigenvalue weighted by Gasteiger charge is -2.29. The summed E-state index contributed by atoms with van der Waals surface area (Å²) >= 11 is 0. The van der Waals surface area contributed by atoms with Gasteiger partial charge in [-0.3, -0.25) is 9.88 Å². The van der Waals surface area contributed by atoms with Crippen molar-refractivity contribution in [3.8, 4) is 28.7 Å². The topological polar surface area (TPSA) is 90.3 Å². The van der Waals surface area contributed by atoms with Crippen LogP contribution < -0.4 is 4.74 Å². The lowest BCUT2D eigenvalue weighted by atomic mass is 9.96. The van der Waals surface area contributed by atoms with Gasteiger partial charge < -0.3 is 13.7 Å². The van der Waals surface area contributed by atoms with E-state index in [2.05, 4.69) is 25.0 Å². The molecule has 0 saturated carbocycles. The van der Waals surface area contributed by atoms with E-state index in [1.807, 2.05) is 42.5 Å². The molecule has 1 fully saturated rings. The van der Waals surface area contributed by atoms with E-state index in [0.717, 1.165) is 55.2 Å². The molecule has 8 heteroatoms. The second-order valence-corrected chi connectivity index (χ2v) is 7.59. The first-order valence-electron chi connectivity index (χ1n) is 10.3. The SMILES string of the molecule is COc1ccc(-c2nc(CN3CCC(c4nc(-c5ccccn5)no4)CC3)co2)cc1. The van der Waals surface area contributed by atoms with E-state index in [4.69, 9.17) is 13.7 Å². The molecule has 1 aliphatic heterocycles. The van der Waals surface area contributed by atoms with Crippen LogP contribution in [0, 0.1) is 0 Å². The van der Waals surface area contributed by atoms with Crippen LogP contribution in [-0.2, 0) is 6.54 Å². The van der Waals surface area contributed by atoms with Crippen LogP contribution in [0.1, 0.15) is 30.3 Å². The standard InChI is InChI=1S/C23H23N5O3/c1-29-19-7-5-16(6-8-19)22-25-18(15-30-22)14-28-12-9-17(10-13-28)23-26-21(27-31-23)20-4-2-3-11-24-20/h2-8,11,15,17H,9-10,12-14H2,1H3. The molecule has 1 aliphatic rings. The Bertz CT molecular complexity index is 1120. The Labute approximate surface area is 179 Å². The van der Waals surface area contributed by atoms with Crippen molar-refractivity contribution >= 4 is 0 Å². The minimum atomic E-state index is 0.272. The van der Waals surface area contributed by atoms with Crippen LogP contribution in [0.25, 0.3) is 23.0 Å². The van der Waals surface area contributed by atoms with Gasteiger partial charge in [-0.15, -0.1) is 0 Å². The molecule has 0 N–H and O–H groups in total. The van der Waals surface area contributed by atoms with Crippen molar-refractivity contribution in [3.05, 3.63) is 66.5 Å². The van der Waals surface area contributed by atoms with Gasteiger partial charge in [-0.2, -0.15) is 4.98 Å². The summed E-state index contributed by atoms with van der Waals surface area (Å²) in [5.74, 6) is 2.95. The number of hydrogen-bond donors (Lipinski definition) is 0. The minimum Gasteiger partial charge on any atom is -0.497 e. The molecule has 0 radical (unpaired) electrons. The maximum absolute atomic E-state index is 5.68. The number of methoxy groups -OCH3 is 1. The quantitative estimate of drug-likeness (QED) is 0.462. The van der Waals surface area contributed by atoms with Crippen LogP contribution in [0.3, 0.4) is 0 Å². The summed E-state index contributed by atoms with van der Waals surface area (Å²) in [5, 5.41) is 4.10. The van der Waals surface area contributed by atoms with E-state index < -0.39 is 0 Å². The summed E-state index contributed by atoms with van der Waals surface area (Å²) in [6, 6.07) is 13.4. The van der Waals surface area contributed by atoms with E-state index in [9.17, 15) is 0 Å². The number of aromatic nitrogens is 4. The smallest absolute Gasteiger partial charge is 0.230 e. The average Bonchev–Trinajstić information content (AvgIpc) is 3.51. The van der Waals surface area contributed by atoms with Crippen molar-refractivity contribution < 1.29 is 13.7 Å². The molecule has 0 amide bonds.